The van der Waals surface area contributed by atoms with E-state index in [-0.39, 0.29) is 17.9 Å². The molecule has 6 heteroatoms. The number of halogens is 1. The van der Waals surface area contributed by atoms with Gasteiger partial charge in [-0.1, -0.05) is 0 Å². The van der Waals surface area contributed by atoms with Gasteiger partial charge in [0.05, 0.1) is 5.69 Å². The maximum Gasteiger partial charge on any atom is 0.303 e. The van der Waals surface area contributed by atoms with E-state index in [1.54, 1.807) is 18.9 Å². The SMILES string of the molecule is Cc1ncnc(N(C)CCCC(=O)O)c1F. The van der Waals surface area contributed by atoms with Crippen LogP contribution in [0.1, 0.15) is 18.5 Å². The monoisotopic (exact) mass is 227 g/mol. The van der Waals surface area contributed by atoms with E-state index in [1.807, 2.05) is 0 Å². The molecule has 0 amide bonds. The third-order valence-corrected chi connectivity index (χ3v) is 2.19. The maximum atomic E-state index is 13.6. The average Bonchev–Trinajstić information content (AvgIpc) is 2.21. The average molecular weight is 227 g/mol. The molecule has 0 aliphatic rings. The van der Waals surface area contributed by atoms with E-state index in [9.17, 15) is 9.18 Å². The van der Waals surface area contributed by atoms with Gasteiger partial charge in [0, 0.05) is 20.0 Å². The first-order chi connectivity index (χ1) is 7.52. The zero-order chi connectivity index (χ0) is 12.1. The Balaban J connectivity index is 2.62. The van der Waals surface area contributed by atoms with E-state index in [1.165, 1.54) is 6.33 Å². The first-order valence-corrected chi connectivity index (χ1v) is 4.92. The molecule has 0 fully saturated rings. The second kappa shape index (κ2) is 5.39. The molecule has 16 heavy (non-hydrogen) atoms. The van der Waals surface area contributed by atoms with Crippen LogP contribution in [0.15, 0.2) is 6.33 Å². The largest absolute Gasteiger partial charge is 0.481 e. The number of nitrogens with zero attached hydrogens (tertiary/aromatic N) is 3. The highest BCUT2D eigenvalue weighted by Crippen LogP contribution is 2.15. The van der Waals surface area contributed by atoms with Gasteiger partial charge in [-0.15, -0.1) is 0 Å². The molecule has 5 nitrogen and oxygen atoms in total. The minimum atomic E-state index is -0.854. The fourth-order valence-electron chi connectivity index (χ4n) is 1.28. The van der Waals surface area contributed by atoms with E-state index in [2.05, 4.69) is 9.97 Å². The molecule has 0 unspecified atom stereocenters. The number of anilines is 1. The molecule has 1 heterocycles. The highest BCUT2D eigenvalue weighted by molar-refractivity contribution is 5.66. The van der Waals surface area contributed by atoms with Crippen LogP contribution in [0.3, 0.4) is 0 Å². The van der Waals surface area contributed by atoms with Gasteiger partial charge in [-0.2, -0.15) is 0 Å². The molecular weight excluding hydrogens is 213 g/mol. The van der Waals surface area contributed by atoms with Gasteiger partial charge in [0.1, 0.15) is 6.33 Å². The number of hydrogen-bond donors (Lipinski definition) is 1. The number of rotatable bonds is 5. The molecule has 0 bridgehead atoms. The molecule has 0 saturated carbocycles. The van der Waals surface area contributed by atoms with Crippen LogP contribution < -0.4 is 4.90 Å². The number of hydrogen-bond acceptors (Lipinski definition) is 4. The predicted molar refractivity (Wildman–Crippen MR) is 56.9 cm³/mol. The summed E-state index contributed by atoms with van der Waals surface area (Å²) in [5, 5.41) is 8.48. The standard InChI is InChI=1S/C10H14FN3O2/c1-7-9(11)10(13-6-12-7)14(2)5-3-4-8(15)16/h6H,3-5H2,1-2H3,(H,15,16). The molecule has 1 aromatic rings. The quantitative estimate of drug-likeness (QED) is 0.819. The molecule has 0 spiro atoms. The summed E-state index contributed by atoms with van der Waals surface area (Å²) in [4.78, 5) is 19.5. The van der Waals surface area contributed by atoms with E-state index in [0.717, 1.165) is 0 Å². The second-order valence-corrected chi connectivity index (χ2v) is 3.52. The van der Waals surface area contributed by atoms with Crippen molar-refractivity contribution in [2.24, 2.45) is 0 Å². The highest BCUT2D eigenvalue weighted by atomic mass is 19.1. The van der Waals surface area contributed by atoms with Crippen molar-refractivity contribution in [2.45, 2.75) is 19.8 Å². The van der Waals surface area contributed by atoms with Crippen LogP contribution in [0, 0.1) is 12.7 Å². The Kier molecular flexibility index (Phi) is 4.16. The van der Waals surface area contributed by atoms with Gasteiger partial charge in [0.2, 0.25) is 0 Å². The minimum Gasteiger partial charge on any atom is -0.481 e. The Bertz CT molecular complexity index is 384. The van der Waals surface area contributed by atoms with Gasteiger partial charge >= 0.3 is 5.97 Å². The molecule has 0 aliphatic heterocycles. The van der Waals surface area contributed by atoms with E-state index >= 15 is 0 Å². The molecule has 0 radical (unpaired) electrons. The molecule has 0 atom stereocenters. The number of carboxylic acids is 1. The molecule has 88 valence electrons. The highest BCUT2D eigenvalue weighted by Gasteiger charge is 2.12. The third kappa shape index (κ3) is 3.15. The molecule has 1 rings (SSSR count). The summed E-state index contributed by atoms with van der Waals surface area (Å²) in [7, 11) is 1.67. The Morgan fingerprint density at radius 3 is 2.88 bits per heavy atom. The smallest absolute Gasteiger partial charge is 0.303 e. The van der Waals surface area contributed by atoms with Crippen molar-refractivity contribution >= 4 is 11.8 Å². The topological polar surface area (TPSA) is 66.3 Å². The van der Waals surface area contributed by atoms with Crippen molar-refractivity contribution in [1.29, 1.82) is 0 Å². The number of aliphatic carboxylic acids is 1. The van der Waals surface area contributed by atoms with Crippen molar-refractivity contribution in [2.75, 3.05) is 18.5 Å². The fraction of sp³-hybridized carbons (Fsp3) is 0.500. The number of aromatic nitrogens is 2. The lowest BCUT2D eigenvalue weighted by atomic mass is 10.3. The van der Waals surface area contributed by atoms with Crippen LogP contribution in [0.25, 0.3) is 0 Å². The van der Waals surface area contributed by atoms with Gasteiger partial charge in [-0.05, 0) is 13.3 Å². The lowest BCUT2D eigenvalue weighted by molar-refractivity contribution is -0.137. The van der Waals surface area contributed by atoms with Crippen molar-refractivity contribution in [3.05, 3.63) is 17.8 Å². The molecular formula is C10H14FN3O2. The van der Waals surface area contributed by atoms with E-state index in [4.69, 9.17) is 5.11 Å². The molecule has 0 aliphatic carbocycles. The van der Waals surface area contributed by atoms with Gasteiger partial charge < -0.3 is 10.0 Å². The molecule has 0 saturated heterocycles. The molecule has 1 aromatic heterocycles. The van der Waals surface area contributed by atoms with Gasteiger partial charge in [0.25, 0.3) is 0 Å². The Morgan fingerprint density at radius 1 is 1.56 bits per heavy atom. The van der Waals surface area contributed by atoms with Crippen molar-refractivity contribution in [1.82, 2.24) is 9.97 Å². The molecule has 1 N–H and O–H groups in total. The number of carbonyl (C=O) groups is 1. The summed E-state index contributed by atoms with van der Waals surface area (Å²) in [5.41, 5.74) is 0.287. The summed E-state index contributed by atoms with van der Waals surface area (Å²) in [6, 6.07) is 0. The van der Waals surface area contributed by atoms with Crippen molar-refractivity contribution < 1.29 is 14.3 Å². The predicted octanol–water partition coefficient (Wildman–Crippen LogP) is 1.23. The van der Waals surface area contributed by atoms with Gasteiger partial charge in [-0.25, -0.2) is 14.4 Å². The Labute approximate surface area is 92.9 Å². The first kappa shape index (κ1) is 12.4. The van der Waals surface area contributed by atoms with Gasteiger partial charge in [0.15, 0.2) is 11.6 Å². The number of aryl methyl sites for hydroxylation is 1. The maximum absolute atomic E-state index is 13.6. The van der Waals surface area contributed by atoms with Crippen LogP contribution in [0.4, 0.5) is 10.2 Å². The van der Waals surface area contributed by atoms with E-state index < -0.39 is 11.8 Å². The summed E-state index contributed by atoms with van der Waals surface area (Å²) in [6.07, 6.45) is 1.81. The summed E-state index contributed by atoms with van der Waals surface area (Å²) >= 11 is 0. The Hall–Kier alpha value is -1.72. The van der Waals surface area contributed by atoms with Crippen LogP contribution in [0.5, 0.6) is 0 Å². The van der Waals surface area contributed by atoms with Crippen LogP contribution in [-0.4, -0.2) is 34.6 Å². The van der Waals surface area contributed by atoms with Crippen LogP contribution >= 0.6 is 0 Å². The molecule has 0 aromatic carbocycles. The normalized spacial score (nSPS) is 10.2. The van der Waals surface area contributed by atoms with Crippen molar-refractivity contribution in [3.8, 4) is 0 Å². The lowest BCUT2D eigenvalue weighted by Gasteiger charge is -2.18. The minimum absolute atomic E-state index is 0.0655. The zero-order valence-electron chi connectivity index (χ0n) is 9.27. The fourth-order valence-corrected chi connectivity index (χ4v) is 1.28. The summed E-state index contributed by atoms with van der Waals surface area (Å²) < 4.78 is 13.6. The van der Waals surface area contributed by atoms with Crippen LogP contribution in [-0.2, 0) is 4.79 Å². The zero-order valence-corrected chi connectivity index (χ0v) is 9.27. The first-order valence-electron chi connectivity index (χ1n) is 4.92. The summed E-state index contributed by atoms with van der Waals surface area (Å²) in [5.74, 6) is -1.11. The third-order valence-electron chi connectivity index (χ3n) is 2.19. The van der Waals surface area contributed by atoms with E-state index in [0.29, 0.717) is 13.0 Å². The summed E-state index contributed by atoms with van der Waals surface area (Å²) in [6.45, 7) is 2.01. The Morgan fingerprint density at radius 2 is 2.25 bits per heavy atom. The number of carboxylic acid groups (broad SMARTS) is 1. The van der Waals surface area contributed by atoms with Crippen LogP contribution in [0.2, 0.25) is 0 Å². The van der Waals surface area contributed by atoms with Crippen molar-refractivity contribution in [3.63, 3.8) is 0 Å². The lowest BCUT2D eigenvalue weighted by Crippen LogP contribution is -2.22. The van der Waals surface area contributed by atoms with Gasteiger partial charge in [-0.3, -0.25) is 4.79 Å². The second-order valence-electron chi connectivity index (χ2n) is 3.52.